The number of hydrogen-bond donors (Lipinski definition) is 1. The molecule has 0 aliphatic heterocycles. The molecule has 108 valence electrons. The molecular formula is C16H18N3OP. The maximum absolute atomic E-state index is 7.39. The van der Waals surface area contributed by atoms with E-state index in [-0.39, 0.29) is 0 Å². The van der Waals surface area contributed by atoms with Crippen LogP contribution in [0, 0.1) is 5.41 Å². The number of benzene rings is 1. The minimum atomic E-state index is 0.683. The summed E-state index contributed by atoms with van der Waals surface area (Å²) in [7, 11) is 2.24. The van der Waals surface area contributed by atoms with Crippen molar-refractivity contribution in [3.8, 4) is 0 Å². The fourth-order valence-corrected chi connectivity index (χ4v) is 2.07. The highest BCUT2D eigenvalue weighted by Gasteiger charge is 2.03. The Hall–Kier alpha value is -1.90. The van der Waals surface area contributed by atoms with Crippen LogP contribution in [-0.2, 0) is 4.52 Å². The third-order valence-corrected chi connectivity index (χ3v) is 3.28. The molecule has 2 aromatic rings. The first kappa shape index (κ1) is 15.5. The van der Waals surface area contributed by atoms with Gasteiger partial charge in [-0.3, -0.25) is 4.98 Å². The molecule has 0 aliphatic carbocycles. The van der Waals surface area contributed by atoms with Gasteiger partial charge in [-0.2, -0.15) is 0 Å². The van der Waals surface area contributed by atoms with Gasteiger partial charge in [0.05, 0.1) is 29.5 Å². The lowest BCUT2D eigenvalue weighted by atomic mass is 10.1. The first-order valence-electron chi connectivity index (χ1n) is 6.70. The molecule has 5 heteroatoms. The van der Waals surface area contributed by atoms with Crippen molar-refractivity contribution in [2.45, 2.75) is 13.3 Å². The average Bonchev–Trinajstić information content (AvgIpc) is 2.52. The first-order chi connectivity index (χ1) is 10.3. The fourth-order valence-electron chi connectivity index (χ4n) is 1.93. The van der Waals surface area contributed by atoms with Gasteiger partial charge >= 0.3 is 0 Å². The predicted molar refractivity (Wildman–Crippen MR) is 91.3 cm³/mol. The van der Waals surface area contributed by atoms with Crippen molar-refractivity contribution in [3.05, 3.63) is 47.8 Å². The molecule has 0 spiro atoms. The molecule has 1 atom stereocenters. The summed E-state index contributed by atoms with van der Waals surface area (Å²) in [6, 6.07) is 5.97. The number of allylic oxidation sites excluding steroid dienone is 2. The summed E-state index contributed by atoms with van der Waals surface area (Å²) in [6.07, 6.45) is 9.83. The topological polar surface area (TPSA) is 58.9 Å². The Labute approximate surface area is 126 Å². The fraction of sp³-hybridized carbons (Fsp3) is 0.188. The Kier molecular flexibility index (Phi) is 5.73. The number of aromatic nitrogens is 2. The van der Waals surface area contributed by atoms with Gasteiger partial charge in [0.15, 0.2) is 0 Å². The predicted octanol–water partition coefficient (Wildman–Crippen LogP) is 3.89. The normalized spacial score (nSPS) is 12.2. The maximum Gasteiger partial charge on any atom is 0.0904 e. The molecule has 0 fully saturated rings. The molecule has 1 aromatic carbocycles. The van der Waals surface area contributed by atoms with Crippen LogP contribution in [-0.4, -0.2) is 22.8 Å². The number of hydrogen-bond acceptors (Lipinski definition) is 4. The van der Waals surface area contributed by atoms with E-state index in [9.17, 15) is 0 Å². The lowest BCUT2D eigenvalue weighted by Gasteiger charge is -2.03. The highest BCUT2D eigenvalue weighted by atomic mass is 31.0. The zero-order valence-electron chi connectivity index (χ0n) is 11.9. The Morgan fingerprint density at radius 2 is 2.24 bits per heavy atom. The standard InChI is InChI=1S/C16H18N3OP/c1-2-13(10-17)16-11-18-14-7-6-12(9-15(14)19-16)5-3-4-8-20-21/h2-3,5-7,9-11,17H,4,8,21H2,1H3/b5-3-,13-2+,17-10?. The third kappa shape index (κ3) is 4.03. The van der Waals surface area contributed by atoms with E-state index < -0.39 is 0 Å². The Morgan fingerprint density at radius 1 is 1.38 bits per heavy atom. The van der Waals surface area contributed by atoms with Crippen LogP contribution in [0.25, 0.3) is 22.7 Å². The van der Waals surface area contributed by atoms with Gasteiger partial charge in [0, 0.05) is 21.3 Å². The number of nitrogens with one attached hydrogen (secondary N) is 1. The van der Waals surface area contributed by atoms with Crippen LogP contribution in [0.3, 0.4) is 0 Å². The molecule has 4 nitrogen and oxygen atoms in total. The summed E-state index contributed by atoms with van der Waals surface area (Å²) in [6.45, 7) is 2.57. The molecule has 0 saturated carbocycles. The highest BCUT2D eigenvalue weighted by molar-refractivity contribution is 7.09. The average molecular weight is 299 g/mol. The van der Waals surface area contributed by atoms with Crippen LogP contribution in [0.1, 0.15) is 24.6 Å². The Bertz CT molecular complexity index is 695. The van der Waals surface area contributed by atoms with E-state index in [0.717, 1.165) is 34.3 Å². The van der Waals surface area contributed by atoms with E-state index in [1.807, 2.05) is 37.3 Å². The van der Waals surface area contributed by atoms with Crippen molar-refractivity contribution in [2.75, 3.05) is 6.61 Å². The lowest BCUT2D eigenvalue weighted by molar-refractivity contribution is 0.381. The lowest BCUT2D eigenvalue weighted by Crippen LogP contribution is -1.93. The van der Waals surface area contributed by atoms with Crippen molar-refractivity contribution in [1.82, 2.24) is 9.97 Å². The van der Waals surface area contributed by atoms with E-state index >= 15 is 0 Å². The van der Waals surface area contributed by atoms with Gasteiger partial charge < -0.3 is 9.93 Å². The quantitative estimate of drug-likeness (QED) is 0.500. The van der Waals surface area contributed by atoms with Crippen molar-refractivity contribution in [1.29, 1.82) is 5.41 Å². The highest BCUT2D eigenvalue weighted by Crippen LogP contribution is 2.16. The van der Waals surface area contributed by atoms with E-state index in [1.54, 1.807) is 6.20 Å². The maximum atomic E-state index is 7.39. The summed E-state index contributed by atoms with van der Waals surface area (Å²) in [5.41, 5.74) is 4.25. The van der Waals surface area contributed by atoms with Crippen LogP contribution in [0.5, 0.6) is 0 Å². The second-order valence-electron chi connectivity index (χ2n) is 4.45. The Morgan fingerprint density at radius 3 is 2.95 bits per heavy atom. The molecule has 0 amide bonds. The molecule has 0 bridgehead atoms. The van der Waals surface area contributed by atoms with Crippen molar-refractivity contribution < 1.29 is 4.52 Å². The summed E-state index contributed by atoms with van der Waals surface area (Å²) < 4.78 is 4.93. The Balaban J connectivity index is 2.32. The van der Waals surface area contributed by atoms with Crippen LogP contribution in [0.15, 0.2) is 36.5 Å². The molecule has 0 saturated heterocycles. The molecule has 1 unspecified atom stereocenters. The largest absolute Gasteiger partial charge is 0.365 e. The second kappa shape index (κ2) is 7.77. The van der Waals surface area contributed by atoms with Crippen molar-refractivity contribution >= 4 is 38.4 Å². The minimum absolute atomic E-state index is 0.683. The first-order valence-corrected chi connectivity index (χ1v) is 7.18. The van der Waals surface area contributed by atoms with Crippen molar-refractivity contribution in [3.63, 3.8) is 0 Å². The summed E-state index contributed by atoms with van der Waals surface area (Å²) in [4.78, 5) is 8.97. The van der Waals surface area contributed by atoms with E-state index in [0.29, 0.717) is 6.61 Å². The summed E-state index contributed by atoms with van der Waals surface area (Å²) >= 11 is 0. The second-order valence-corrected chi connectivity index (χ2v) is 4.79. The van der Waals surface area contributed by atoms with Gasteiger partial charge in [0.2, 0.25) is 0 Å². The van der Waals surface area contributed by atoms with Gasteiger partial charge in [-0.05, 0) is 31.0 Å². The summed E-state index contributed by atoms with van der Waals surface area (Å²) in [5.74, 6) is 0. The van der Waals surface area contributed by atoms with Gasteiger partial charge in [0.25, 0.3) is 0 Å². The summed E-state index contributed by atoms with van der Waals surface area (Å²) in [5, 5.41) is 7.39. The molecular weight excluding hydrogens is 281 g/mol. The molecule has 0 radical (unpaired) electrons. The molecule has 0 aliphatic rings. The van der Waals surface area contributed by atoms with E-state index in [1.165, 1.54) is 6.21 Å². The van der Waals surface area contributed by atoms with Gasteiger partial charge in [-0.25, -0.2) is 4.98 Å². The molecule has 21 heavy (non-hydrogen) atoms. The van der Waals surface area contributed by atoms with Gasteiger partial charge in [0.1, 0.15) is 0 Å². The molecule has 1 N–H and O–H groups in total. The zero-order valence-corrected chi connectivity index (χ0v) is 13.1. The van der Waals surface area contributed by atoms with E-state index in [4.69, 9.17) is 9.93 Å². The number of fused-ring (bicyclic) bond motifs is 1. The van der Waals surface area contributed by atoms with Gasteiger partial charge in [-0.1, -0.05) is 24.3 Å². The van der Waals surface area contributed by atoms with Crippen LogP contribution in [0.2, 0.25) is 0 Å². The SMILES string of the molecule is C/C=C(\C=N)c1cnc2ccc(/C=C\CCOP)cc2n1. The van der Waals surface area contributed by atoms with Crippen LogP contribution < -0.4 is 0 Å². The number of nitrogens with zero attached hydrogens (tertiary/aromatic N) is 2. The third-order valence-electron chi connectivity index (χ3n) is 3.04. The van der Waals surface area contributed by atoms with Crippen LogP contribution >= 0.6 is 9.47 Å². The molecule has 1 aromatic heterocycles. The smallest absolute Gasteiger partial charge is 0.0904 e. The molecule has 2 rings (SSSR count). The molecule has 1 heterocycles. The zero-order chi connectivity index (χ0) is 15.1. The number of rotatable bonds is 6. The van der Waals surface area contributed by atoms with Crippen molar-refractivity contribution in [2.24, 2.45) is 0 Å². The van der Waals surface area contributed by atoms with Gasteiger partial charge in [-0.15, -0.1) is 0 Å². The monoisotopic (exact) mass is 299 g/mol. The van der Waals surface area contributed by atoms with Crippen LogP contribution in [0.4, 0.5) is 0 Å². The minimum Gasteiger partial charge on any atom is -0.365 e. The van der Waals surface area contributed by atoms with E-state index in [2.05, 4.69) is 25.5 Å².